The van der Waals surface area contributed by atoms with E-state index in [4.69, 9.17) is 5.26 Å². The van der Waals surface area contributed by atoms with Gasteiger partial charge in [-0.05, 0) is 62.6 Å². The van der Waals surface area contributed by atoms with Gasteiger partial charge in [0.1, 0.15) is 5.56 Å². The average Bonchev–Trinajstić information content (AvgIpc) is 2.94. The Bertz CT molecular complexity index is 1150. The van der Waals surface area contributed by atoms with Gasteiger partial charge >= 0.3 is 0 Å². The molecule has 0 unspecified atom stereocenters. The van der Waals surface area contributed by atoms with Crippen LogP contribution in [0.1, 0.15) is 38.4 Å². The monoisotopic (exact) mass is 362 g/mol. The van der Waals surface area contributed by atoms with Crippen LogP contribution in [0.3, 0.4) is 0 Å². The van der Waals surface area contributed by atoms with Crippen LogP contribution in [0.5, 0.6) is 0 Å². The largest absolute Gasteiger partial charge is 0.358 e. The van der Waals surface area contributed by atoms with E-state index in [9.17, 15) is 9.59 Å². The van der Waals surface area contributed by atoms with Gasteiger partial charge in [0.25, 0.3) is 11.5 Å². The van der Waals surface area contributed by atoms with Gasteiger partial charge < -0.3 is 14.9 Å². The molecule has 6 nitrogen and oxygen atoms in total. The molecule has 0 saturated heterocycles. The quantitative estimate of drug-likeness (QED) is 0.747. The van der Waals surface area contributed by atoms with Gasteiger partial charge in [0, 0.05) is 35.9 Å². The van der Waals surface area contributed by atoms with Gasteiger partial charge in [0.2, 0.25) is 0 Å². The number of pyridine rings is 1. The predicted molar refractivity (Wildman–Crippen MR) is 105 cm³/mol. The molecule has 1 aromatic carbocycles. The number of carbonyl (C=O) groups excluding carboxylic acids is 1. The van der Waals surface area contributed by atoms with Crippen LogP contribution in [0.4, 0.5) is 0 Å². The van der Waals surface area contributed by atoms with Crippen LogP contribution < -0.4 is 10.9 Å². The predicted octanol–water partition coefficient (Wildman–Crippen LogP) is 2.64. The number of nitrogens with one attached hydrogen (secondary N) is 2. The molecule has 0 aliphatic rings. The number of carbonyl (C=O) groups is 1. The molecule has 6 heteroatoms. The van der Waals surface area contributed by atoms with E-state index >= 15 is 0 Å². The van der Waals surface area contributed by atoms with Crippen LogP contribution in [0.25, 0.3) is 10.9 Å². The molecule has 0 aliphatic carbocycles. The summed E-state index contributed by atoms with van der Waals surface area (Å²) in [6.07, 6.45) is 0.609. The van der Waals surface area contributed by atoms with Gasteiger partial charge in [0.15, 0.2) is 0 Å². The first-order valence-corrected chi connectivity index (χ1v) is 8.80. The van der Waals surface area contributed by atoms with Crippen molar-refractivity contribution in [1.82, 2.24) is 14.9 Å². The van der Waals surface area contributed by atoms with Crippen molar-refractivity contribution >= 4 is 16.8 Å². The molecule has 0 aliphatic heterocycles. The zero-order valence-corrected chi connectivity index (χ0v) is 15.9. The summed E-state index contributed by atoms with van der Waals surface area (Å²) >= 11 is 0. The van der Waals surface area contributed by atoms with Crippen molar-refractivity contribution in [2.45, 2.75) is 27.2 Å². The lowest BCUT2D eigenvalue weighted by atomic mass is 10.1. The van der Waals surface area contributed by atoms with Gasteiger partial charge in [0.05, 0.1) is 11.6 Å². The molecule has 2 aromatic heterocycles. The maximum Gasteiger partial charge on any atom is 0.263 e. The van der Waals surface area contributed by atoms with E-state index in [0.29, 0.717) is 24.1 Å². The highest BCUT2D eigenvalue weighted by Crippen LogP contribution is 2.23. The molecule has 3 aromatic rings. The summed E-state index contributed by atoms with van der Waals surface area (Å²) < 4.78 is 1.48. The highest BCUT2D eigenvalue weighted by molar-refractivity contribution is 5.95. The van der Waals surface area contributed by atoms with E-state index in [2.05, 4.69) is 16.4 Å². The fraction of sp³-hybridized carbons (Fsp3) is 0.286. The number of amides is 1. The second-order valence-electron chi connectivity index (χ2n) is 6.81. The minimum absolute atomic E-state index is 0.186. The maximum atomic E-state index is 12.6. The molecule has 1 amide bonds. The average molecular weight is 362 g/mol. The zero-order valence-electron chi connectivity index (χ0n) is 15.9. The molecule has 0 fully saturated rings. The van der Waals surface area contributed by atoms with Gasteiger partial charge in [-0.15, -0.1) is 0 Å². The van der Waals surface area contributed by atoms with Gasteiger partial charge in [-0.1, -0.05) is 0 Å². The second-order valence-corrected chi connectivity index (χ2v) is 6.81. The fourth-order valence-electron chi connectivity index (χ4n) is 3.42. The molecule has 0 bridgehead atoms. The molecular weight excluding hydrogens is 340 g/mol. The highest BCUT2D eigenvalue weighted by atomic mass is 16.2. The Labute approximate surface area is 157 Å². The van der Waals surface area contributed by atoms with Crippen molar-refractivity contribution in [3.8, 4) is 6.07 Å². The Morgan fingerprint density at radius 1 is 1.26 bits per heavy atom. The lowest BCUT2D eigenvalue weighted by molar-refractivity contribution is 0.0951. The third kappa shape index (κ3) is 3.36. The standard InChI is InChI=1S/C21H22N4O2/c1-12-9-13(2)25(4)21(27)19(12)20(26)23-8-7-16-14(3)24-18-6-5-15(11-22)10-17(16)18/h5-6,9-10,24H,7-8H2,1-4H3,(H,23,26). The third-order valence-corrected chi connectivity index (χ3v) is 5.00. The molecule has 0 saturated carbocycles. The Balaban J connectivity index is 1.80. The summed E-state index contributed by atoms with van der Waals surface area (Å²) in [6.45, 7) is 5.99. The Hall–Kier alpha value is -3.33. The topological polar surface area (TPSA) is 90.7 Å². The number of aromatic nitrogens is 2. The summed E-state index contributed by atoms with van der Waals surface area (Å²) in [6, 6.07) is 9.52. The van der Waals surface area contributed by atoms with Crippen molar-refractivity contribution in [2.24, 2.45) is 7.05 Å². The number of hydrogen-bond acceptors (Lipinski definition) is 3. The van der Waals surface area contributed by atoms with Crippen LogP contribution in [-0.2, 0) is 13.5 Å². The summed E-state index contributed by atoms with van der Waals surface area (Å²) in [5.74, 6) is -0.358. The lowest BCUT2D eigenvalue weighted by Crippen LogP contribution is -2.35. The van der Waals surface area contributed by atoms with E-state index in [1.54, 1.807) is 20.0 Å². The Kier molecular flexibility index (Phi) is 4.87. The number of hydrogen-bond donors (Lipinski definition) is 2. The van der Waals surface area contributed by atoms with E-state index < -0.39 is 0 Å². The molecule has 0 atom stereocenters. The summed E-state index contributed by atoms with van der Waals surface area (Å²) in [5.41, 5.74) is 5.04. The fourth-order valence-corrected chi connectivity index (χ4v) is 3.42. The van der Waals surface area contributed by atoms with Crippen LogP contribution in [-0.4, -0.2) is 22.0 Å². The van der Waals surface area contributed by atoms with Crippen molar-refractivity contribution in [2.75, 3.05) is 6.54 Å². The molecule has 3 rings (SSSR count). The number of nitrogens with zero attached hydrogens (tertiary/aromatic N) is 2. The zero-order chi connectivity index (χ0) is 19.7. The molecule has 0 radical (unpaired) electrons. The number of aryl methyl sites for hydroxylation is 3. The van der Waals surface area contributed by atoms with Gasteiger partial charge in [-0.25, -0.2) is 0 Å². The highest BCUT2D eigenvalue weighted by Gasteiger charge is 2.16. The summed E-state index contributed by atoms with van der Waals surface area (Å²) in [5, 5.41) is 13.0. The van der Waals surface area contributed by atoms with Crippen LogP contribution >= 0.6 is 0 Å². The number of benzene rings is 1. The Morgan fingerprint density at radius 3 is 2.70 bits per heavy atom. The van der Waals surface area contributed by atoms with Gasteiger partial charge in [-0.3, -0.25) is 9.59 Å². The second kappa shape index (κ2) is 7.12. The van der Waals surface area contributed by atoms with Crippen molar-refractivity contribution in [3.05, 3.63) is 68.3 Å². The van der Waals surface area contributed by atoms with Crippen LogP contribution in [0.15, 0.2) is 29.1 Å². The first-order chi connectivity index (χ1) is 12.8. The molecule has 138 valence electrons. The summed E-state index contributed by atoms with van der Waals surface area (Å²) in [4.78, 5) is 28.3. The smallest absolute Gasteiger partial charge is 0.263 e. The van der Waals surface area contributed by atoms with Crippen LogP contribution in [0, 0.1) is 32.1 Å². The van der Waals surface area contributed by atoms with Crippen LogP contribution in [0.2, 0.25) is 0 Å². The van der Waals surface area contributed by atoms with Gasteiger partial charge in [-0.2, -0.15) is 5.26 Å². The molecule has 2 N–H and O–H groups in total. The number of H-pyrrole nitrogens is 1. The SMILES string of the molecule is Cc1cc(C)n(C)c(=O)c1C(=O)NCCc1c(C)[nH]c2ccc(C#N)cc12. The van der Waals surface area contributed by atoms with E-state index in [1.807, 2.05) is 32.0 Å². The Morgan fingerprint density at radius 2 is 2.00 bits per heavy atom. The number of rotatable bonds is 4. The van der Waals surface area contributed by atoms with E-state index in [1.165, 1.54) is 4.57 Å². The molecular formula is C21H22N4O2. The van der Waals surface area contributed by atoms with Crippen molar-refractivity contribution in [1.29, 1.82) is 5.26 Å². The van der Waals surface area contributed by atoms with Crippen molar-refractivity contribution in [3.63, 3.8) is 0 Å². The molecule has 0 spiro atoms. The van der Waals surface area contributed by atoms with E-state index in [0.717, 1.165) is 27.9 Å². The first-order valence-electron chi connectivity index (χ1n) is 8.80. The number of fused-ring (bicyclic) bond motifs is 1. The van der Waals surface area contributed by atoms with E-state index in [-0.39, 0.29) is 17.0 Å². The first kappa shape index (κ1) is 18.5. The molecule has 27 heavy (non-hydrogen) atoms. The number of aromatic amines is 1. The molecule has 2 heterocycles. The summed E-state index contributed by atoms with van der Waals surface area (Å²) in [7, 11) is 1.66. The normalized spacial score (nSPS) is 10.8. The lowest BCUT2D eigenvalue weighted by Gasteiger charge is -2.11. The number of nitriles is 1. The maximum absolute atomic E-state index is 12.6. The third-order valence-electron chi connectivity index (χ3n) is 5.00. The van der Waals surface area contributed by atoms with Crippen molar-refractivity contribution < 1.29 is 4.79 Å². The minimum Gasteiger partial charge on any atom is -0.358 e. The minimum atomic E-state index is -0.358.